The average Bonchev–Trinajstić information content (AvgIpc) is 1.77. The standard InChI is InChI=1S/C7H7O.2K/c1-6-2-4-7(8)5-3-6;;/h2-5,8H,1H2;;/q-1;2*+1/p-1. The van der Waals surface area contributed by atoms with Crippen LogP contribution in [-0.2, 0) is 0 Å². The molecule has 1 aromatic carbocycles. The first-order valence-electron chi connectivity index (χ1n) is 2.38. The molecule has 0 aliphatic carbocycles. The molecular weight excluding hydrogens is 178 g/mol. The Balaban J connectivity index is 0. The summed E-state index contributed by atoms with van der Waals surface area (Å²) in [4.78, 5) is 0. The van der Waals surface area contributed by atoms with Crippen LogP contribution >= 0.6 is 0 Å². The van der Waals surface area contributed by atoms with Crippen molar-refractivity contribution in [2.45, 2.75) is 0 Å². The molecule has 0 unspecified atom stereocenters. The first-order chi connectivity index (χ1) is 3.79. The van der Waals surface area contributed by atoms with Gasteiger partial charge in [0.05, 0.1) is 0 Å². The minimum atomic E-state index is 0. The molecule has 0 aliphatic rings. The third-order valence-corrected chi connectivity index (χ3v) is 0.923. The quantitative estimate of drug-likeness (QED) is 0.292. The fraction of sp³-hybridized carbons (Fsp3) is 0. The van der Waals surface area contributed by atoms with Gasteiger partial charge in [0.2, 0.25) is 0 Å². The topological polar surface area (TPSA) is 23.1 Å². The van der Waals surface area contributed by atoms with Crippen molar-refractivity contribution in [3.8, 4) is 5.75 Å². The second-order valence-electron chi connectivity index (χ2n) is 1.64. The summed E-state index contributed by atoms with van der Waals surface area (Å²) in [5, 5.41) is 10.4. The van der Waals surface area contributed by atoms with Crippen LogP contribution < -0.4 is 108 Å². The van der Waals surface area contributed by atoms with Crippen molar-refractivity contribution in [2.24, 2.45) is 0 Å². The van der Waals surface area contributed by atoms with Gasteiger partial charge in [0.25, 0.3) is 0 Å². The molecule has 0 aliphatic heterocycles. The summed E-state index contributed by atoms with van der Waals surface area (Å²) in [6, 6.07) is 6.40. The van der Waals surface area contributed by atoms with Gasteiger partial charge in [-0.3, -0.25) is 0 Å². The zero-order valence-corrected chi connectivity index (χ0v) is 12.7. The summed E-state index contributed by atoms with van der Waals surface area (Å²) in [5.41, 5.74) is 0.879. The fourth-order valence-corrected chi connectivity index (χ4v) is 0.489. The van der Waals surface area contributed by atoms with Crippen molar-refractivity contribution < 1.29 is 108 Å². The first-order valence-corrected chi connectivity index (χ1v) is 2.38. The molecule has 0 amide bonds. The van der Waals surface area contributed by atoms with Gasteiger partial charge < -0.3 is 5.11 Å². The van der Waals surface area contributed by atoms with Crippen LogP contribution in [0.3, 0.4) is 0 Å². The van der Waals surface area contributed by atoms with Crippen molar-refractivity contribution in [1.29, 1.82) is 0 Å². The van der Waals surface area contributed by atoms with Crippen LogP contribution in [0, 0.1) is 6.92 Å². The summed E-state index contributed by atoms with van der Waals surface area (Å²) in [5.74, 6) is 0.0393. The largest absolute Gasteiger partial charge is 1.00 e. The van der Waals surface area contributed by atoms with E-state index in [0.29, 0.717) is 0 Å². The molecule has 0 saturated carbocycles. The molecule has 42 valence electrons. The summed E-state index contributed by atoms with van der Waals surface area (Å²) in [6.45, 7) is 3.62. The Labute approximate surface area is 146 Å². The van der Waals surface area contributed by atoms with Crippen LogP contribution in [0.2, 0.25) is 0 Å². The molecule has 0 aromatic heterocycles. The van der Waals surface area contributed by atoms with Gasteiger partial charge in [0.1, 0.15) is 0 Å². The maximum absolute atomic E-state index is 10.4. The van der Waals surface area contributed by atoms with E-state index in [1.165, 1.54) is 12.1 Å². The molecule has 0 spiro atoms. The third-order valence-electron chi connectivity index (χ3n) is 0.923. The second-order valence-corrected chi connectivity index (χ2v) is 1.64. The molecule has 0 saturated heterocycles. The smallest absolute Gasteiger partial charge is 0.874 e. The van der Waals surface area contributed by atoms with Gasteiger partial charge in [-0.2, -0.15) is 24.6 Å². The Hall–Kier alpha value is 2.16. The fourth-order valence-electron chi connectivity index (χ4n) is 0.489. The molecular formula is C7H6K2O. The first kappa shape index (κ1) is 14.7. The molecule has 0 radical (unpaired) electrons. The monoisotopic (exact) mass is 184 g/mol. The van der Waals surface area contributed by atoms with E-state index in [1.807, 2.05) is 0 Å². The maximum atomic E-state index is 10.4. The molecule has 1 nitrogen and oxygen atoms in total. The Kier molecular flexibility index (Phi) is 11.4. The summed E-state index contributed by atoms with van der Waals surface area (Å²) in [6.07, 6.45) is 0. The molecule has 0 N–H and O–H groups in total. The average molecular weight is 184 g/mol. The van der Waals surface area contributed by atoms with Crippen LogP contribution in [0.15, 0.2) is 24.3 Å². The van der Waals surface area contributed by atoms with Crippen LogP contribution in [0.1, 0.15) is 5.56 Å². The Bertz CT molecular complexity index is 150. The molecule has 10 heavy (non-hydrogen) atoms. The van der Waals surface area contributed by atoms with E-state index >= 15 is 0 Å². The van der Waals surface area contributed by atoms with E-state index in [-0.39, 0.29) is 109 Å². The minimum Gasteiger partial charge on any atom is -0.874 e. The van der Waals surface area contributed by atoms with Crippen molar-refractivity contribution >= 4 is 0 Å². The summed E-state index contributed by atoms with van der Waals surface area (Å²) >= 11 is 0. The Morgan fingerprint density at radius 2 is 1.40 bits per heavy atom. The van der Waals surface area contributed by atoms with Crippen molar-refractivity contribution in [3.05, 3.63) is 36.8 Å². The van der Waals surface area contributed by atoms with Crippen LogP contribution in [0.25, 0.3) is 0 Å². The van der Waals surface area contributed by atoms with E-state index in [0.717, 1.165) is 5.56 Å². The van der Waals surface area contributed by atoms with E-state index in [2.05, 4.69) is 6.92 Å². The van der Waals surface area contributed by atoms with Crippen LogP contribution in [0.4, 0.5) is 0 Å². The van der Waals surface area contributed by atoms with Crippen LogP contribution in [-0.4, -0.2) is 0 Å². The molecule has 0 atom stereocenters. The van der Waals surface area contributed by atoms with E-state index in [1.54, 1.807) is 12.1 Å². The zero-order valence-electron chi connectivity index (χ0n) is 6.42. The summed E-state index contributed by atoms with van der Waals surface area (Å²) in [7, 11) is 0. The van der Waals surface area contributed by atoms with Gasteiger partial charge >= 0.3 is 103 Å². The summed E-state index contributed by atoms with van der Waals surface area (Å²) < 4.78 is 0. The third kappa shape index (κ3) is 5.77. The molecule has 1 aromatic rings. The van der Waals surface area contributed by atoms with Gasteiger partial charge in [-0.1, -0.05) is 0 Å². The zero-order chi connectivity index (χ0) is 5.98. The molecule has 0 heterocycles. The molecule has 0 fully saturated rings. The molecule has 0 bridgehead atoms. The molecule has 1 rings (SSSR count). The van der Waals surface area contributed by atoms with Crippen molar-refractivity contribution in [1.82, 2.24) is 0 Å². The van der Waals surface area contributed by atoms with Crippen molar-refractivity contribution in [3.63, 3.8) is 0 Å². The molecule has 3 heteroatoms. The Morgan fingerprint density at radius 3 is 1.70 bits per heavy atom. The maximum Gasteiger partial charge on any atom is 1.00 e. The number of hydrogen-bond acceptors (Lipinski definition) is 1. The van der Waals surface area contributed by atoms with E-state index < -0.39 is 0 Å². The van der Waals surface area contributed by atoms with E-state index in [9.17, 15) is 5.11 Å². The normalized spacial score (nSPS) is 7.20. The number of benzene rings is 1. The van der Waals surface area contributed by atoms with Gasteiger partial charge in [-0.25, -0.2) is 0 Å². The van der Waals surface area contributed by atoms with Gasteiger partial charge in [-0.15, -0.1) is 17.9 Å². The Morgan fingerprint density at radius 1 is 1.00 bits per heavy atom. The SMILES string of the molecule is [CH2-]c1ccc([O-])cc1.[K+].[K+]. The van der Waals surface area contributed by atoms with Gasteiger partial charge in [0.15, 0.2) is 0 Å². The predicted molar refractivity (Wildman–Crippen MR) is 30.3 cm³/mol. The van der Waals surface area contributed by atoms with Crippen LogP contribution in [0.5, 0.6) is 5.75 Å². The van der Waals surface area contributed by atoms with Gasteiger partial charge in [0, 0.05) is 0 Å². The van der Waals surface area contributed by atoms with Crippen molar-refractivity contribution in [2.75, 3.05) is 0 Å². The predicted octanol–water partition coefficient (Wildman–Crippen LogP) is -5.05. The minimum absolute atomic E-state index is 0. The second kappa shape index (κ2) is 7.79. The van der Waals surface area contributed by atoms with E-state index in [4.69, 9.17) is 0 Å². The number of rotatable bonds is 0. The van der Waals surface area contributed by atoms with Gasteiger partial charge in [-0.05, 0) is 0 Å². The number of hydrogen-bond donors (Lipinski definition) is 0.